The Hall–Kier alpha value is -1.39. The number of aliphatic hydroxyl groups excluding tert-OH is 1. The number of aliphatic carboxylic acids is 1. The highest BCUT2D eigenvalue weighted by Gasteiger charge is 2.26. The second-order valence-electron chi connectivity index (χ2n) is 7.24. The zero-order chi connectivity index (χ0) is 18.7. The van der Waals surface area contributed by atoms with Crippen molar-refractivity contribution in [3.8, 4) is 0 Å². The maximum atomic E-state index is 10.5. The molecule has 4 heteroatoms. The Bertz CT molecular complexity index is 488. The second-order valence-corrected chi connectivity index (χ2v) is 7.24. The van der Waals surface area contributed by atoms with Gasteiger partial charge in [0.1, 0.15) is 0 Å². The van der Waals surface area contributed by atoms with Crippen LogP contribution >= 0.6 is 0 Å². The van der Waals surface area contributed by atoms with E-state index in [1.54, 1.807) is 0 Å². The van der Waals surface area contributed by atoms with E-state index in [1.165, 1.54) is 5.57 Å². The minimum Gasteiger partial charge on any atom is -0.481 e. The van der Waals surface area contributed by atoms with Crippen molar-refractivity contribution in [1.82, 2.24) is 0 Å². The molecule has 0 aromatic heterocycles. The van der Waals surface area contributed by atoms with Crippen molar-refractivity contribution in [2.45, 2.75) is 83.3 Å². The molecule has 0 fully saturated rings. The summed E-state index contributed by atoms with van der Waals surface area (Å²) in [6.07, 6.45) is 16.5. The van der Waals surface area contributed by atoms with E-state index in [0.717, 1.165) is 38.5 Å². The number of carboxylic acids is 1. The third-order valence-corrected chi connectivity index (χ3v) is 4.69. The van der Waals surface area contributed by atoms with Crippen LogP contribution < -0.4 is 0 Å². The molecular formula is C21H34O4. The molecule has 3 atom stereocenters. The molecular weight excluding hydrogens is 316 g/mol. The first-order valence-electron chi connectivity index (χ1n) is 9.51. The highest BCUT2D eigenvalue weighted by Crippen LogP contribution is 2.31. The predicted molar refractivity (Wildman–Crippen MR) is 101 cm³/mol. The summed E-state index contributed by atoms with van der Waals surface area (Å²) >= 11 is 0. The van der Waals surface area contributed by atoms with E-state index in [4.69, 9.17) is 5.11 Å². The molecule has 1 aliphatic rings. The van der Waals surface area contributed by atoms with E-state index in [-0.39, 0.29) is 12.3 Å². The Balaban J connectivity index is 2.48. The predicted octanol–water partition coefficient (Wildman–Crippen LogP) is 4.38. The Morgan fingerprint density at radius 2 is 2.08 bits per heavy atom. The lowest BCUT2D eigenvalue weighted by Crippen LogP contribution is -2.22. The van der Waals surface area contributed by atoms with Gasteiger partial charge in [-0.05, 0) is 39.0 Å². The van der Waals surface area contributed by atoms with Gasteiger partial charge in [-0.2, -0.15) is 0 Å². The van der Waals surface area contributed by atoms with Gasteiger partial charge in [0.2, 0.25) is 0 Å². The summed E-state index contributed by atoms with van der Waals surface area (Å²) in [5, 5.41) is 29.3. The lowest BCUT2D eigenvalue weighted by Gasteiger charge is -2.21. The number of carbonyl (C=O) groups is 1. The Morgan fingerprint density at radius 3 is 2.76 bits per heavy atom. The molecule has 142 valence electrons. The van der Waals surface area contributed by atoms with Crippen LogP contribution in [0.3, 0.4) is 0 Å². The third-order valence-electron chi connectivity index (χ3n) is 4.69. The number of carboxylic acid groups (broad SMARTS) is 1. The van der Waals surface area contributed by atoms with Gasteiger partial charge >= 0.3 is 5.97 Å². The fourth-order valence-electron chi connectivity index (χ4n) is 3.11. The largest absolute Gasteiger partial charge is 0.481 e. The number of aliphatic hydroxyl groups is 2. The van der Waals surface area contributed by atoms with Gasteiger partial charge in [0, 0.05) is 12.3 Å². The zero-order valence-corrected chi connectivity index (χ0v) is 15.7. The average molecular weight is 350 g/mol. The number of hydrogen-bond acceptors (Lipinski definition) is 3. The lowest BCUT2D eigenvalue weighted by atomic mass is 9.91. The topological polar surface area (TPSA) is 77.8 Å². The molecule has 0 spiro atoms. The van der Waals surface area contributed by atoms with Gasteiger partial charge in [-0.3, -0.25) is 4.79 Å². The quantitative estimate of drug-likeness (QED) is 0.360. The molecule has 1 aliphatic carbocycles. The molecule has 3 N–H and O–H groups in total. The van der Waals surface area contributed by atoms with Crippen LogP contribution in [0.1, 0.15) is 71.6 Å². The summed E-state index contributed by atoms with van der Waals surface area (Å²) in [4.78, 5) is 10.5. The second kappa shape index (κ2) is 11.3. The van der Waals surface area contributed by atoms with Gasteiger partial charge in [0.25, 0.3) is 0 Å². The highest BCUT2D eigenvalue weighted by atomic mass is 16.4. The zero-order valence-electron chi connectivity index (χ0n) is 15.7. The molecule has 0 aromatic carbocycles. The maximum Gasteiger partial charge on any atom is 0.303 e. The molecule has 0 bridgehead atoms. The monoisotopic (exact) mass is 350 g/mol. The maximum absolute atomic E-state index is 10.5. The first-order valence-corrected chi connectivity index (χ1v) is 9.51. The normalized spacial score (nSPS) is 23.3. The summed E-state index contributed by atoms with van der Waals surface area (Å²) in [5.41, 5.74) is 0.345. The van der Waals surface area contributed by atoms with Crippen molar-refractivity contribution in [2.75, 3.05) is 0 Å². The molecule has 1 unspecified atom stereocenters. The first-order chi connectivity index (χ1) is 11.9. The van der Waals surface area contributed by atoms with Crippen molar-refractivity contribution >= 4 is 5.97 Å². The molecule has 0 heterocycles. The van der Waals surface area contributed by atoms with Crippen LogP contribution in [0.4, 0.5) is 0 Å². The molecule has 0 radical (unpaired) electrons. The number of hydrogen-bond donors (Lipinski definition) is 3. The number of unbranched alkanes of at least 4 members (excludes halogenated alkanes) is 3. The van der Waals surface area contributed by atoms with E-state index in [1.807, 2.05) is 31.2 Å². The van der Waals surface area contributed by atoms with Gasteiger partial charge in [-0.1, -0.05) is 62.1 Å². The van der Waals surface area contributed by atoms with Crippen molar-refractivity contribution in [2.24, 2.45) is 5.92 Å². The molecule has 0 aromatic rings. The molecule has 1 rings (SSSR count). The van der Waals surface area contributed by atoms with Crippen molar-refractivity contribution in [3.63, 3.8) is 0 Å². The highest BCUT2D eigenvalue weighted by molar-refractivity contribution is 5.66. The van der Waals surface area contributed by atoms with E-state index in [0.29, 0.717) is 12.8 Å². The first kappa shape index (κ1) is 21.7. The summed E-state index contributed by atoms with van der Waals surface area (Å²) in [6, 6.07) is 0. The molecule has 4 nitrogen and oxygen atoms in total. The van der Waals surface area contributed by atoms with Crippen LogP contribution in [0.25, 0.3) is 0 Å². The van der Waals surface area contributed by atoms with Crippen LogP contribution in [0.2, 0.25) is 0 Å². The Kier molecular flexibility index (Phi) is 9.76. The van der Waals surface area contributed by atoms with Crippen LogP contribution in [0, 0.1) is 5.92 Å². The van der Waals surface area contributed by atoms with E-state index in [2.05, 4.69) is 13.0 Å². The number of allylic oxidation sites excluding steroid dienone is 2. The van der Waals surface area contributed by atoms with Gasteiger partial charge in [0.05, 0.1) is 11.7 Å². The standard InChI is InChI=1S/C21H34O4/c1-3-4-9-15-21(2,25)16-14-18-17(12-13-19(18)22)10-7-5-6-8-11-20(23)24/h5,7,12,14,16,18-19,22,25H,3-4,6,8-11,13,15H2,1-2H3,(H,23,24)/b7-5-,16-14+/t18-,19-,21?/m1/s1. The molecule has 0 aliphatic heterocycles. The molecule has 25 heavy (non-hydrogen) atoms. The Labute approximate surface area is 152 Å². The summed E-state index contributed by atoms with van der Waals surface area (Å²) in [7, 11) is 0. The minimum atomic E-state index is -0.824. The smallest absolute Gasteiger partial charge is 0.303 e. The summed E-state index contributed by atoms with van der Waals surface area (Å²) < 4.78 is 0. The van der Waals surface area contributed by atoms with Crippen LogP contribution in [-0.2, 0) is 4.79 Å². The van der Waals surface area contributed by atoms with Crippen molar-refractivity contribution in [3.05, 3.63) is 36.0 Å². The molecule has 0 saturated carbocycles. The van der Waals surface area contributed by atoms with Gasteiger partial charge in [-0.25, -0.2) is 0 Å². The fraction of sp³-hybridized carbons (Fsp3) is 0.667. The number of rotatable bonds is 12. The van der Waals surface area contributed by atoms with E-state index >= 15 is 0 Å². The third kappa shape index (κ3) is 9.03. The van der Waals surface area contributed by atoms with E-state index in [9.17, 15) is 15.0 Å². The van der Waals surface area contributed by atoms with Crippen molar-refractivity contribution in [1.29, 1.82) is 0 Å². The summed E-state index contributed by atoms with van der Waals surface area (Å²) in [6.45, 7) is 3.97. The van der Waals surface area contributed by atoms with Gasteiger partial charge in [0.15, 0.2) is 0 Å². The van der Waals surface area contributed by atoms with Crippen molar-refractivity contribution < 1.29 is 20.1 Å². The minimum absolute atomic E-state index is 0.0404. The summed E-state index contributed by atoms with van der Waals surface area (Å²) in [5.74, 6) is -0.799. The lowest BCUT2D eigenvalue weighted by molar-refractivity contribution is -0.137. The van der Waals surface area contributed by atoms with Gasteiger partial charge < -0.3 is 15.3 Å². The van der Waals surface area contributed by atoms with Crippen LogP contribution in [-0.4, -0.2) is 33.0 Å². The van der Waals surface area contributed by atoms with Crippen LogP contribution in [0.5, 0.6) is 0 Å². The fourth-order valence-corrected chi connectivity index (χ4v) is 3.11. The van der Waals surface area contributed by atoms with E-state index < -0.39 is 17.7 Å². The van der Waals surface area contributed by atoms with Gasteiger partial charge in [-0.15, -0.1) is 0 Å². The SMILES string of the molecule is CCCCCC(C)(O)/C=C/[C@@H]1C(C/C=C\CCCC(=O)O)=CC[C@H]1O. The van der Waals surface area contributed by atoms with Crippen LogP contribution in [0.15, 0.2) is 36.0 Å². The Morgan fingerprint density at radius 1 is 1.32 bits per heavy atom. The average Bonchev–Trinajstić information content (AvgIpc) is 2.89. The molecule has 0 saturated heterocycles. The molecule has 0 amide bonds.